The molecular weight excluding hydrogens is 316 g/mol. The molecule has 0 bridgehead atoms. The van der Waals surface area contributed by atoms with Gasteiger partial charge in [0.15, 0.2) is 0 Å². The van der Waals surface area contributed by atoms with Crippen LogP contribution in [0.3, 0.4) is 0 Å². The van der Waals surface area contributed by atoms with E-state index in [4.69, 9.17) is 9.15 Å². The van der Waals surface area contributed by atoms with Gasteiger partial charge in [0.2, 0.25) is 0 Å². The Kier molecular flexibility index (Phi) is 5.23. The van der Waals surface area contributed by atoms with Crippen molar-refractivity contribution in [3.05, 3.63) is 65.9 Å². The summed E-state index contributed by atoms with van der Waals surface area (Å²) in [5.41, 5.74) is 1.89. The second-order valence-electron chi connectivity index (χ2n) is 5.92. The van der Waals surface area contributed by atoms with Crippen LogP contribution in [-0.4, -0.2) is 19.2 Å². The molecule has 1 unspecified atom stereocenters. The highest BCUT2D eigenvalue weighted by atomic mass is 16.5. The molecule has 0 radical (unpaired) electrons. The van der Waals surface area contributed by atoms with Gasteiger partial charge in [-0.25, -0.2) is 4.79 Å². The van der Waals surface area contributed by atoms with Gasteiger partial charge < -0.3 is 19.8 Å². The average Bonchev–Trinajstić information content (AvgIpc) is 3.04. The lowest BCUT2D eigenvalue weighted by Gasteiger charge is -2.13. The maximum Gasteiger partial charge on any atom is 0.315 e. The fraction of sp³-hybridized carbons (Fsp3) is 0.250. The Hall–Kier alpha value is -2.95. The lowest BCUT2D eigenvalue weighted by molar-refractivity contribution is 0.232. The SMILES string of the molecule is Cc1ccccc1OCCNC(=O)NC(C)c1cc2ccccc2o1. The molecule has 0 aliphatic heterocycles. The van der Waals surface area contributed by atoms with Crippen LogP contribution in [0, 0.1) is 6.92 Å². The maximum absolute atomic E-state index is 12.0. The minimum atomic E-state index is -0.249. The van der Waals surface area contributed by atoms with Crippen LogP contribution in [0.2, 0.25) is 0 Å². The zero-order valence-electron chi connectivity index (χ0n) is 14.4. The number of fused-ring (bicyclic) bond motifs is 1. The molecule has 1 atom stereocenters. The van der Waals surface area contributed by atoms with E-state index in [2.05, 4.69) is 10.6 Å². The molecule has 2 amide bonds. The number of furan rings is 1. The molecule has 2 N–H and O–H groups in total. The van der Waals surface area contributed by atoms with Crippen molar-refractivity contribution >= 4 is 17.0 Å². The smallest absolute Gasteiger partial charge is 0.315 e. The summed E-state index contributed by atoms with van der Waals surface area (Å²) in [6, 6.07) is 17.1. The van der Waals surface area contributed by atoms with Gasteiger partial charge in [0.25, 0.3) is 0 Å². The number of ether oxygens (including phenoxy) is 1. The molecule has 3 aromatic rings. The second kappa shape index (κ2) is 7.75. The van der Waals surface area contributed by atoms with Crippen molar-refractivity contribution in [3.63, 3.8) is 0 Å². The third kappa shape index (κ3) is 4.32. The van der Waals surface area contributed by atoms with Crippen LogP contribution in [0.5, 0.6) is 5.75 Å². The number of hydrogen-bond donors (Lipinski definition) is 2. The highest BCUT2D eigenvalue weighted by Crippen LogP contribution is 2.23. The number of aryl methyl sites for hydroxylation is 1. The summed E-state index contributed by atoms with van der Waals surface area (Å²) >= 11 is 0. The Labute approximate surface area is 147 Å². The van der Waals surface area contributed by atoms with Crippen molar-refractivity contribution < 1.29 is 13.9 Å². The first kappa shape index (κ1) is 16.9. The van der Waals surface area contributed by atoms with Crippen LogP contribution in [0.25, 0.3) is 11.0 Å². The molecule has 0 aliphatic rings. The molecular formula is C20H22N2O3. The van der Waals surface area contributed by atoms with Gasteiger partial charge in [0, 0.05) is 5.39 Å². The van der Waals surface area contributed by atoms with Crippen molar-refractivity contribution in [2.45, 2.75) is 19.9 Å². The largest absolute Gasteiger partial charge is 0.491 e. The third-order valence-electron chi connectivity index (χ3n) is 3.96. The van der Waals surface area contributed by atoms with Crippen LogP contribution < -0.4 is 15.4 Å². The molecule has 0 aliphatic carbocycles. The Morgan fingerprint density at radius 3 is 2.72 bits per heavy atom. The average molecular weight is 338 g/mol. The lowest BCUT2D eigenvalue weighted by Crippen LogP contribution is -2.38. The highest BCUT2D eigenvalue weighted by molar-refractivity contribution is 5.78. The lowest BCUT2D eigenvalue weighted by atomic mass is 10.2. The zero-order valence-corrected chi connectivity index (χ0v) is 14.4. The van der Waals surface area contributed by atoms with Gasteiger partial charge in [-0.15, -0.1) is 0 Å². The molecule has 1 heterocycles. The molecule has 5 heteroatoms. The Morgan fingerprint density at radius 1 is 1.16 bits per heavy atom. The van der Waals surface area contributed by atoms with Crippen LogP contribution >= 0.6 is 0 Å². The van der Waals surface area contributed by atoms with Gasteiger partial charge in [0.05, 0.1) is 12.6 Å². The Morgan fingerprint density at radius 2 is 1.92 bits per heavy atom. The molecule has 130 valence electrons. The van der Waals surface area contributed by atoms with E-state index in [-0.39, 0.29) is 12.1 Å². The fourth-order valence-electron chi connectivity index (χ4n) is 2.58. The number of amides is 2. The van der Waals surface area contributed by atoms with Gasteiger partial charge in [-0.2, -0.15) is 0 Å². The number of carbonyl (C=O) groups excluding carboxylic acids is 1. The van der Waals surface area contributed by atoms with Crippen molar-refractivity contribution in [3.8, 4) is 5.75 Å². The van der Waals surface area contributed by atoms with Gasteiger partial charge in [-0.3, -0.25) is 0 Å². The number of hydrogen-bond acceptors (Lipinski definition) is 3. The van der Waals surface area contributed by atoms with E-state index in [0.29, 0.717) is 13.2 Å². The van der Waals surface area contributed by atoms with Gasteiger partial charge in [-0.1, -0.05) is 36.4 Å². The molecule has 0 fully saturated rings. The van der Waals surface area contributed by atoms with E-state index in [0.717, 1.165) is 28.0 Å². The summed E-state index contributed by atoms with van der Waals surface area (Å²) < 4.78 is 11.4. The second-order valence-corrected chi connectivity index (χ2v) is 5.92. The molecule has 3 rings (SSSR count). The van der Waals surface area contributed by atoms with E-state index in [9.17, 15) is 4.79 Å². The van der Waals surface area contributed by atoms with E-state index in [1.54, 1.807) is 0 Å². The monoisotopic (exact) mass is 338 g/mol. The summed E-state index contributed by atoms with van der Waals surface area (Å²) in [7, 11) is 0. The Bertz CT molecular complexity index is 824. The van der Waals surface area contributed by atoms with E-state index in [1.807, 2.05) is 68.4 Å². The van der Waals surface area contributed by atoms with Crippen LogP contribution in [0.15, 0.2) is 59.0 Å². The maximum atomic E-state index is 12.0. The molecule has 2 aromatic carbocycles. The van der Waals surface area contributed by atoms with Gasteiger partial charge >= 0.3 is 6.03 Å². The highest BCUT2D eigenvalue weighted by Gasteiger charge is 2.13. The normalized spacial score (nSPS) is 11.9. The number of urea groups is 1. The standard InChI is InChI=1S/C20H22N2O3/c1-14-7-3-5-9-17(14)24-12-11-21-20(23)22-15(2)19-13-16-8-4-6-10-18(16)25-19/h3-10,13,15H,11-12H2,1-2H3,(H2,21,22,23). The predicted molar refractivity (Wildman–Crippen MR) is 97.8 cm³/mol. The summed E-state index contributed by atoms with van der Waals surface area (Å²) in [6.45, 7) is 4.72. The van der Waals surface area contributed by atoms with Crippen LogP contribution in [-0.2, 0) is 0 Å². The van der Waals surface area contributed by atoms with E-state index < -0.39 is 0 Å². The molecule has 0 saturated carbocycles. The number of para-hydroxylation sites is 2. The first-order valence-electron chi connectivity index (χ1n) is 8.35. The molecule has 5 nitrogen and oxygen atoms in total. The van der Waals surface area contributed by atoms with Crippen molar-refractivity contribution in [2.75, 3.05) is 13.2 Å². The molecule has 0 spiro atoms. The van der Waals surface area contributed by atoms with Crippen molar-refractivity contribution in [1.82, 2.24) is 10.6 Å². The van der Waals surface area contributed by atoms with Crippen LogP contribution in [0.1, 0.15) is 24.3 Å². The van der Waals surface area contributed by atoms with Crippen LogP contribution in [0.4, 0.5) is 4.79 Å². The van der Waals surface area contributed by atoms with Gasteiger partial charge in [-0.05, 0) is 37.6 Å². The quantitative estimate of drug-likeness (QED) is 0.663. The minimum absolute atomic E-state index is 0.218. The summed E-state index contributed by atoms with van der Waals surface area (Å²) in [6.07, 6.45) is 0. The first-order chi connectivity index (χ1) is 12.1. The molecule has 0 saturated heterocycles. The number of rotatable bonds is 6. The zero-order chi connectivity index (χ0) is 17.6. The summed E-state index contributed by atoms with van der Waals surface area (Å²) in [5, 5.41) is 6.68. The summed E-state index contributed by atoms with van der Waals surface area (Å²) in [4.78, 5) is 12.0. The minimum Gasteiger partial charge on any atom is -0.491 e. The number of benzene rings is 2. The number of carbonyl (C=O) groups is 1. The topological polar surface area (TPSA) is 63.5 Å². The Balaban J connectivity index is 1.45. The molecule has 1 aromatic heterocycles. The van der Waals surface area contributed by atoms with E-state index >= 15 is 0 Å². The van der Waals surface area contributed by atoms with E-state index in [1.165, 1.54) is 0 Å². The fourth-order valence-corrected chi connectivity index (χ4v) is 2.58. The third-order valence-corrected chi connectivity index (χ3v) is 3.96. The number of nitrogens with one attached hydrogen (secondary N) is 2. The van der Waals surface area contributed by atoms with Crippen molar-refractivity contribution in [1.29, 1.82) is 0 Å². The van der Waals surface area contributed by atoms with Gasteiger partial charge in [0.1, 0.15) is 23.7 Å². The predicted octanol–water partition coefficient (Wildman–Crippen LogP) is 4.18. The first-order valence-corrected chi connectivity index (χ1v) is 8.35. The molecule has 25 heavy (non-hydrogen) atoms. The van der Waals surface area contributed by atoms with Crippen molar-refractivity contribution in [2.24, 2.45) is 0 Å². The summed E-state index contributed by atoms with van der Waals surface area (Å²) in [5.74, 6) is 1.56.